The van der Waals surface area contributed by atoms with Crippen LogP contribution in [0.5, 0.6) is 5.75 Å². The van der Waals surface area contributed by atoms with Crippen molar-refractivity contribution in [3.8, 4) is 5.75 Å². The number of amides is 1. The molecule has 2 aromatic carbocycles. The van der Waals surface area contributed by atoms with Crippen molar-refractivity contribution in [2.45, 2.75) is 46.8 Å². The highest BCUT2D eigenvalue weighted by Crippen LogP contribution is 2.22. The van der Waals surface area contributed by atoms with Crippen molar-refractivity contribution < 1.29 is 9.53 Å². The van der Waals surface area contributed by atoms with Crippen molar-refractivity contribution in [2.24, 2.45) is 0 Å². The SMILES string of the molecule is Cc1ccc(C)c([C@H](C)NC(=O)[C@H](C)Oc2ccc(Cl)c(C)c2)c1. The van der Waals surface area contributed by atoms with Gasteiger partial charge in [0.2, 0.25) is 0 Å². The number of hydrogen-bond donors (Lipinski definition) is 1. The largest absolute Gasteiger partial charge is 0.481 e. The van der Waals surface area contributed by atoms with Gasteiger partial charge in [-0.1, -0.05) is 35.4 Å². The van der Waals surface area contributed by atoms with E-state index in [9.17, 15) is 4.79 Å². The third kappa shape index (κ3) is 4.51. The predicted octanol–water partition coefficient (Wildman–Crippen LogP) is 4.91. The molecule has 1 amide bonds. The Kier molecular flexibility index (Phi) is 5.89. The van der Waals surface area contributed by atoms with Crippen molar-refractivity contribution in [1.82, 2.24) is 5.32 Å². The van der Waals surface area contributed by atoms with Crippen LogP contribution < -0.4 is 10.1 Å². The lowest BCUT2D eigenvalue weighted by Crippen LogP contribution is -2.38. The van der Waals surface area contributed by atoms with Crippen LogP contribution in [0, 0.1) is 20.8 Å². The van der Waals surface area contributed by atoms with Crippen molar-refractivity contribution in [1.29, 1.82) is 0 Å². The number of benzene rings is 2. The first-order valence-electron chi connectivity index (χ1n) is 8.08. The molecule has 3 nitrogen and oxygen atoms in total. The molecule has 0 radical (unpaired) electrons. The highest BCUT2D eigenvalue weighted by atomic mass is 35.5. The van der Waals surface area contributed by atoms with Gasteiger partial charge in [-0.25, -0.2) is 0 Å². The second-order valence-electron chi connectivity index (χ2n) is 6.26. The van der Waals surface area contributed by atoms with Crippen molar-refractivity contribution in [2.75, 3.05) is 0 Å². The monoisotopic (exact) mass is 345 g/mol. The van der Waals surface area contributed by atoms with E-state index in [1.54, 1.807) is 19.1 Å². The van der Waals surface area contributed by atoms with Crippen molar-refractivity contribution >= 4 is 17.5 Å². The van der Waals surface area contributed by atoms with E-state index in [-0.39, 0.29) is 11.9 Å². The lowest BCUT2D eigenvalue weighted by Gasteiger charge is -2.21. The fourth-order valence-corrected chi connectivity index (χ4v) is 2.70. The van der Waals surface area contributed by atoms with E-state index in [1.807, 2.05) is 33.8 Å². The van der Waals surface area contributed by atoms with Crippen LogP contribution in [0.3, 0.4) is 0 Å². The quantitative estimate of drug-likeness (QED) is 0.836. The molecule has 0 aliphatic heterocycles. The van der Waals surface area contributed by atoms with Gasteiger partial charge in [-0.15, -0.1) is 0 Å². The smallest absolute Gasteiger partial charge is 0.261 e. The van der Waals surface area contributed by atoms with Crippen LogP contribution in [-0.4, -0.2) is 12.0 Å². The Morgan fingerprint density at radius 3 is 2.42 bits per heavy atom. The maximum Gasteiger partial charge on any atom is 0.261 e. The minimum Gasteiger partial charge on any atom is -0.481 e. The molecule has 0 fully saturated rings. The van der Waals surface area contributed by atoms with E-state index in [1.165, 1.54) is 5.56 Å². The highest BCUT2D eigenvalue weighted by molar-refractivity contribution is 6.31. The maximum atomic E-state index is 12.4. The molecular weight excluding hydrogens is 322 g/mol. The number of carbonyl (C=O) groups excluding carboxylic acids is 1. The third-order valence-corrected chi connectivity index (χ3v) is 4.50. The molecule has 0 bridgehead atoms. The summed E-state index contributed by atoms with van der Waals surface area (Å²) in [4.78, 5) is 12.4. The number of aryl methyl sites for hydroxylation is 3. The van der Waals surface area contributed by atoms with Gasteiger partial charge in [-0.05, 0) is 69.5 Å². The zero-order valence-corrected chi connectivity index (χ0v) is 15.6. The molecule has 0 spiro atoms. The van der Waals surface area contributed by atoms with E-state index in [4.69, 9.17) is 16.3 Å². The minimum atomic E-state index is -0.585. The Labute approximate surface area is 149 Å². The first-order chi connectivity index (χ1) is 11.3. The lowest BCUT2D eigenvalue weighted by molar-refractivity contribution is -0.127. The van der Waals surface area contributed by atoms with E-state index in [0.29, 0.717) is 10.8 Å². The maximum absolute atomic E-state index is 12.4. The zero-order chi connectivity index (χ0) is 17.9. The van der Waals surface area contributed by atoms with E-state index < -0.39 is 6.10 Å². The zero-order valence-electron chi connectivity index (χ0n) is 14.8. The van der Waals surface area contributed by atoms with Crippen LogP contribution in [0.1, 0.15) is 42.1 Å². The molecule has 24 heavy (non-hydrogen) atoms. The molecule has 0 aliphatic carbocycles. The van der Waals surface area contributed by atoms with Gasteiger partial charge in [0.25, 0.3) is 5.91 Å². The van der Waals surface area contributed by atoms with Crippen LogP contribution in [0.2, 0.25) is 5.02 Å². The summed E-state index contributed by atoms with van der Waals surface area (Å²) in [7, 11) is 0. The summed E-state index contributed by atoms with van der Waals surface area (Å²) in [5.74, 6) is 0.495. The summed E-state index contributed by atoms with van der Waals surface area (Å²) in [6.07, 6.45) is -0.585. The van der Waals surface area contributed by atoms with Crippen molar-refractivity contribution in [3.05, 3.63) is 63.7 Å². The number of ether oxygens (including phenoxy) is 1. The molecule has 0 saturated heterocycles. The van der Waals surface area contributed by atoms with Crippen LogP contribution in [0.25, 0.3) is 0 Å². The Morgan fingerprint density at radius 2 is 1.75 bits per heavy atom. The molecule has 2 rings (SSSR count). The van der Waals surface area contributed by atoms with Gasteiger partial charge < -0.3 is 10.1 Å². The van der Waals surface area contributed by atoms with Crippen LogP contribution in [0.4, 0.5) is 0 Å². The number of hydrogen-bond acceptors (Lipinski definition) is 2. The van der Waals surface area contributed by atoms with Gasteiger partial charge >= 0.3 is 0 Å². The van der Waals surface area contributed by atoms with E-state index in [0.717, 1.165) is 16.7 Å². The van der Waals surface area contributed by atoms with Gasteiger partial charge in [0, 0.05) is 5.02 Å². The first kappa shape index (κ1) is 18.3. The third-order valence-electron chi connectivity index (χ3n) is 4.07. The summed E-state index contributed by atoms with van der Waals surface area (Å²) in [5, 5.41) is 3.70. The second-order valence-corrected chi connectivity index (χ2v) is 6.67. The number of rotatable bonds is 5. The fraction of sp³-hybridized carbons (Fsp3) is 0.350. The second kappa shape index (κ2) is 7.71. The fourth-order valence-electron chi connectivity index (χ4n) is 2.58. The summed E-state index contributed by atoms with van der Waals surface area (Å²) in [6.45, 7) is 9.73. The van der Waals surface area contributed by atoms with Gasteiger partial charge in [0.15, 0.2) is 6.10 Å². The Morgan fingerprint density at radius 1 is 1.04 bits per heavy atom. The normalized spacial score (nSPS) is 13.2. The first-order valence-corrected chi connectivity index (χ1v) is 8.46. The molecule has 2 aromatic rings. The molecule has 1 N–H and O–H groups in total. The molecule has 128 valence electrons. The minimum absolute atomic E-state index is 0.0737. The Bertz CT molecular complexity index is 742. The molecule has 0 aliphatic rings. The molecule has 0 unspecified atom stereocenters. The molecule has 2 atom stereocenters. The van der Waals surface area contributed by atoms with E-state index >= 15 is 0 Å². The predicted molar refractivity (Wildman–Crippen MR) is 98.8 cm³/mol. The van der Waals surface area contributed by atoms with Gasteiger partial charge in [0.1, 0.15) is 5.75 Å². The average Bonchev–Trinajstić information content (AvgIpc) is 2.53. The van der Waals surface area contributed by atoms with Crippen molar-refractivity contribution in [3.63, 3.8) is 0 Å². The average molecular weight is 346 g/mol. The summed E-state index contributed by atoms with van der Waals surface area (Å²) < 4.78 is 5.73. The molecular formula is C20H24ClNO2. The summed E-state index contributed by atoms with van der Waals surface area (Å²) in [5.41, 5.74) is 4.39. The Hall–Kier alpha value is -2.00. The van der Waals surface area contributed by atoms with Gasteiger partial charge in [-0.2, -0.15) is 0 Å². The van der Waals surface area contributed by atoms with E-state index in [2.05, 4.69) is 23.5 Å². The molecule has 0 aromatic heterocycles. The van der Waals surface area contributed by atoms with Crippen LogP contribution in [-0.2, 0) is 4.79 Å². The van der Waals surface area contributed by atoms with Gasteiger partial charge in [-0.3, -0.25) is 4.79 Å². The number of nitrogens with one attached hydrogen (secondary N) is 1. The molecule has 4 heteroatoms. The van der Waals surface area contributed by atoms with Crippen LogP contribution >= 0.6 is 11.6 Å². The number of carbonyl (C=O) groups is 1. The summed E-state index contributed by atoms with van der Waals surface area (Å²) in [6, 6.07) is 11.6. The van der Waals surface area contributed by atoms with Gasteiger partial charge in [0.05, 0.1) is 6.04 Å². The topological polar surface area (TPSA) is 38.3 Å². The van der Waals surface area contributed by atoms with Crippen LogP contribution in [0.15, 0.2) is 36.4 Å². The molecule has 0 heterocycles. The number of halogens is 1. The highest BCUT2D eigenvalue weighted by Gasteiger charge is 2.19. The standard InChI is InChI=1S/C20H24ClNO2/c1-12-6-7-13(2)18(10-12)15(4)22-20(23)16(5)24-17-8-9-19(21)14(3)11-17/h6-11,15-16H,1-5H3,(H,22,23)/t15-,16-/m0/s1. The summed E-state index contributed by atoms with van der Waals surface area (Å²) >= 11 is 6.01. The lowest BCUT2D eigenvalue weighted by atomic mass is 10.00. The molecule has 0 saturated carbocycles. The Balaban J connectivity index is 2.02.